The summed E-state index contributed by atoms with van der Waals surface area (Å²) in [5.41, 5.74) is 0. The van der Waals surface area contributed by atoms with Crippen molar-refractivity contribution in [2.45, 2.75) is 39.2 Å². The van der Waals surface area contributed by atoms with Crippen molar-refractivity contribution in [3.63, 3.8) is 0 Å². The monoisotopic (exact) mass is 279 g/mol. The first-order chi connectivity index (χ1) is 9.66. The fourth-order valence-corrected chi connectivity index (χ4v) is 2.53. The molecule has 20 heavy (non-hydrogen) atoms. The van der Waals surface area contributed by atoms with Gasteiger partial charge in [-0.1, -0.05) is 13.8 Å². The van der Waals surface area contributed by atoms with Crippen LogP contribution >= 0.6 is 0 Å². The van der Waals surface area contributed by atoms with E-state index < -0.39 is 0 Å². The van der Waals surface area contributed by atoms with E-state index in [0.717, 1.165) is 32.5 Å². The van der Waals surface area contributed by atoms with Crippen LogP contribution in [0.3, 0.4) is 0 Å². The first kappa shape index (κ1) is 15.0. The van der Waals surface area contributed by atoms with Gasteiger partial charge >= 0.3 is 0 Å². The Balaban J connectivity index is 1.75. The maximum Gasteiger partial charge on any atom is 0.224 e. The largest absolute Gasteiger partial charge is 0.381 e. The van der Waals surface area contributed by atoms with Gasteiger partial charge in [-0.05, 0) is 24.8 Å². The highest BCUT2D eigenvalue weighted by atomic mass is 16.5. The Morgan fingerprint density at radius 3 is 3.05 bits per heavy atom. The third-order valence-electron chi connectivity index (χ3n) is 3.56. The molecule has 1 atom stereocenters. The predicted molar refractivity (Wildman–Crippen MR) is 77.4 cm³/mol. The zero-order valence-electron chi connectivity index (χ0n) is 12.5. The number of carbonyl (C=O) groups excluding carboxylic acids is 1. The Hall–Kier alpha value is -1.36. The molecule has 1 aliphatic heterocycles. The molecule has 112 valence electrons. The average molecular weight is 279 g/mol. The first-order valence-electron chi connectivity index (χ1n) is 7.51. The van der Waals surface area contributed by atoms with E-state index in [1.54, 1.807) is 6.20 Å². The van der Waals surface area contributed by atoms with Gasteiger partial charge in [-0.3, -0.25) is 9.48 Å². The molecule has 0 aromatic carbocycles. The van der Waals surface area contributed by atoms with Crippen LogP contribution in [0.5, 0.6) is 0 Å². The lowest BCUT2D eigenvalue weighted by Crippen LogP contribution is -2.41. The summed E-state index contributed by atoms with van der Waals surface area (Å²) in [4.78, 5) is 14.1. The highest BCUT2D eigenvalue weighted by Crippen LogP contribution is 2.21. The summed E-state index contributed by atoms with van der Waals surface area (Å²) >= 11 is 0. The average Bonchev–Trinajstić information content (AvgIpc) is 2.97. The molecule has 2 rings (SSSR count). The highest BCUT2D eigenvalue weighted by molar-refractivity contribution is 5.76. The van der Waals surface area contributed by atoms with E-state index in [1.807, 2.05) is 21.8 Å². The van der Waals surface area contributed by atoms with Gasteiger partial charge in [-0.2, -0.15) is 5.10 Å². The van der Waals surface area contributed by atoms with Crippen LogP contribution in [0, 0.1) is 5.92 Å². The summed E-state index contributed by atoms with van der Waals surface area (Å²) in [7, 11) is 0. The maximum absolute atomic E-state index is 12.2. The predicted octanol–water partition coefficient (Wildman–Crippen LogP) is 2.11. The van der Waals surface area contributed by atoms with Crippen molar-refractivity contribution in [2.75, 3.05) is 26.3 Å². The van der Waals surface area contributed by atoms with Gasteiger partial charge < -0.3 is 9.64 Å². The topological polar surface area (TPSA) is 47.4 Å². The number of amides is 1. The molecule has 1 amide bonds. The number of piperidine rings is 1. The molecule has 0 radical (unpaired) electrons. The lowest BCUT2D eigenvalue weighted by Gasteiger charge is -2.33. The van der Waals surface area contributed by atoms with Crippen molar-refractivity contribution in [2.24, 2.45) is 5.92 Å². The minimum Gasteiger partial charge on any atom is -0.381 e. The number of rotatable bonds is 6. The molecular formula is C15H25N3O2. The molecule has 1 fully saturated rings. The molecule has 0 bridgehead atoms. The van der Waals surface area contributed by atoms with Gasteiger partial charge in [-0.15, -0.1) is 0 Å². The van der Waals surface area contributed by atoms with Crippen LogP contribution in [-0.2, 0) is 9.53 Å². The Bertz CT molecular complexity index is 403. The standard InChI is InChI=1S/C15H25N3O2/c1-13(2)12-20-10-6-15(19)17-8-3-5-14(11-17)18-9-4-7-16-18/h4,7,9,13-14H,3,5-6,8,10-12H2,1-2H3. The second kappa shape index (κ2) is 7.43. The Kier molecular flexibility index (Phi) is 5.59. The van der Waals surface area contributed by atoms with Crippen molar-refractivity contribution in [3.05, 3.63) is 18.5 Å². The quantitative estimate of drug-likeness (QED) is 0.749. The van der Waals surface area contributed by atoms with Crippen LogP contribution in [-0.4, -0.2) is 46.9 Å². The minimum atomic E-state index is 0.200. The van der Waals surface area contributed by atoms with Crippen molar-refractivity contribution < 1.29 is 9.53 Å². The number of carbonyl (C=O) groups is 1. The Morgan fingerprint density at radius 2 is 2.35 bits per heavy atom. The summed E-state index contributed by atoms with van der Waals surface area (Å²) < 4.78 is 7.46. The molecule has 1 aromatic heterocycles. The van der Waals surface area contributed by atoms with E-state index in [-0.39, 0.29) is 5.91 Å². The molecule has 2 heterocycles. The number of ether oxygens (including phenoxy) is 1. The summed E-state index contributed by atoms with van der Waals surface area (Å²) in [6.07, 6.45) is 6.39. The van der Waals surface area contributed by atoms with E-state index in [2.05, 4.69) is 18.9 Å². The number of hydrogen-bond donors (Lipinski definition) is 0. The van der Waals surface area contributed by atoms with Gasteiger partial charge in [0, 0.05) is 32.1 Å². The molecule has 5 nitrogen and oxygen atoms in total. The second-order valence-electron chi connectivity index (χ2n) is 5.84. The first-order valence-corrected chi connectivity index (χ1v) is 7.51. The van der Waals surface area contributed by atoms with Gasteiger partial charge in [0.25, 0.3) is 0 Å². The number of nitrogens with zero attached hydrogens (tertiary/aromatic N) is 3. The van der Waals surface area contributed by atoms with Gasteiger partial charge in [0.15, 0.2) is 0 Å². The van der Waals surface area contributed by atoms with E-state index in [1.165, 1.54) is 0 Å². The molecule has 0 spiro atoms. The number of hydrogen-bond acceptors (Lipinski definition) is 3. The van der Waals surface area contributed by atoms with Gasteiger partial charge in [0.1, 0.15) is 0 Å². The van der Waals surface area contributed by atoms with E-state index >= 15 is 0 Å². The minimum absolute atomic E-state index is 0.200. The second-order valence-corrected chi connectivity index (χ2v) is 5.84. The Labute approximate surface area is 120 Å². The van der Waals surface area contributed by atoms with E-state index in [9.17, 15) is 4.79 Å². The molecule has 1 aliphatic rings. The lowest BCUT2D eigenvalue weighted by molar-refractivity contribution is -0.134. The number of likely N-dealkylation sites (tertiary alicyclic amines) is 1. The lowest BCUT2D eigenvalue weighted by atomic mass is 10.1. The van der Waals surface area contributed by atoms with Crippen molar-refractivity contribution >= 4 is 5.91 Å². The third-order valence-corrected chi connectivity index (χ3v) is 3.56. The van der Waals surface area contributed by atoms with Gasteiger partial charge in [0.05, 0.1) is 19.1 Å². The smallest absolute Gasteiger partial charge is 0.224 e. The maximum atomic E-state index is 12.2. The molecule has 0 N–H and O–H groups in total. The third kappa shape index (κ3) is 4.34. The summed E-state index contributed by atoms with van der Waals surface area (Å²) in [6, 6.07) is 2.25. The Morgan fingerprint density at radius 1 is 1.50 bits per heavy atom. The summed E-state index contributed by atoms with van der Waals surface area (Å²) in [5.74, 6) is 0.717. The van der Waals surface area contributed by atoms with Gasteiger partial charge in [-0.25, -0.2) is 0 Å². The van der Waals surface area contributed by atoms with Gasteiger partial charge in [0.2, 0.25) is 5.91 Å². The summed E-state index contributed by atoms with van der Waals surface area (Å²) in [5, 5.41) is 4.28. The van der Waals surface area contributed by atoms with Crippen LogP contribution in [0.15, 0.2) is 18.5 Å². The fourth-order valence-electron chi connectivity index (χ4n) is 2.53. The van der Waals surface area contributed by atoms with Crippen LogP contribution in [0.25, 0.3) is 0 Å². The van der Waals surface area contributed by atoms with Crippen LogP contribution in [0.2, 0.25) is 0 Å². The highest BCUT2D eigenvalue weighted by Gasteiger charge is 2.24. The molecule has 1 saturated heterocycles. The van der Waals surface area contributed by atoms with Crippen LogP contribution < -0.4 is 0 Å². The molecule has 1 aromatic rings. The van der Waals surface area contributed by atoms with Crippen LogP contribution in [0.1, 0.15) is 39.2 Å². The van der Waals surface area contributed by atoms with Crippen molar-refractivity contribution in [1.82, 2.24) is 14.7 Å². The SMILES string of the molecule is CC(C)COCCC(=O)N1CCCC(n2cccn2)C1. The number of aromatic nitrogens is 2. The molecule has 5 heteroatoms. The molecule has 1 unspecified atom stereocenters. The fraction of sp³-hybridized carbons (Fsp3) is 0.733. The molecular weight excluding hydrogens is 254 g/mol. The van der Waals surface area contributed by atoms with E-state index in [4.69, 9.17) is 4.74 Å². The normalized spacial score (nSPS) is 19.6. The van der Waals surface area contributed by atoms with E-state index in [0.29, 0.717) is 25.0 Å². The molecule has 0 aliphatic carbocycles. The zero-order chi connectivity index (χ0) is 14.4. The van der Waals surface area contributed by atoms with Crippen LogP contribution in [0.4, 0.5) is 0 Å². The van der Waals surface area contributed by atoms with Crippen molar-refractivity contribution in [3.8, 4) is 0 Å². The zero-order valence-corrected chi connectivity index (χ0v) is 12.5. The molecule has 0 saturated carbocycles. The summed E-state index contributed by atoms with van der Waals surface area (Å²) in [6.45, 7) is 7.11. The van der Waals surface area contributed by atoms with Crippen molar-refractivity contribution in [1.29, 1.82) is 0 Å².